The summed E-state index contributed by atoms with van der Waals surface area (Å²) in [5.41, 5.74) is 11.4. The van der Waals surface area contributed by atoms with Crippen molar-refractivity contribution in [2.75, 3.05) is 0 Å². The van der Waals surface area contributed by atoms with Crippen LogP contribution in [0.3, 0.4) is 0 Å². The minimum atomic E-state index is -0.153. The summed E-state index contributed by atoms with van der Waals surface area (Å²) < 4.78 is 15.9. The Balaban J connectivity index is 2.17. The molecule has 0 saturated heterocycles. The normalized spacial score (nSPS) is 18.4. The molecule has 3 rings (SSSR count). The van der Waals surface area contributed by atoms with Gasteiger partial charge in [0.2, 0.25) is 0 Å². The van der Waals surface area contributed by atoms with E-state index in [1.807, 2.05) is 12.1 Å². The summed E-state index contributed by atoms with van der Waals surface area (Å²) >= 11 is 0. The molecule has 2 aromatic rings. The minimum absolute atomic E-state index is 0.124. The van der Waals surface area contributed by atoms with Gasteiger partial charge >= 0.3 is 0 Å². The molecule has 2 N–H and O–H groups in total. The van der Waals surface area contributed by atoms with Gasteiger partial charge in [0.1, 0.15) is 5.82 Å². The molecule has 1 aromatic heterocycles. The van der Waals surface area contributed by atoms with Crippen molar-refractivity contribution in [3.05, 3.63) is 52.6 Å². The van der Waals surface area contributed by atoms with E-state index in [9.17, 15) is 4.39 Å². The Morgan fingerprint density at radius 2 is 2.05 bits per heavy atom. The molecular weight excluding hydrogens is 239 g/mol. The maximum Gasteiger partial charge on any atom is 0.128 e. The molecule has 1 aliphatic carbocycles. The van der Waals surface area contributed by atoms with Crippen LogP contribution in [-0.4, -0.2) is 4.57 Å². The van der Waals surface area contributed by atoms with Crippen LogP contribution < -0.4 is 5.73 Å². The van der Waals surface area contributed by atoms with E-state index in [1.165, 1.54) is 11.3 Å². The van der Waals surface area contributed by atoms with Gasteiger partial charge in [-0.15, -0.1) is 0 Å². The average molecular weight is 258 g/mol. The molecule has 100 valence electrons. The lowest BCUT2D eigenvalue weighted by molar-refractivity contribution is 0.559. The highest BCUT2D eigenvalue weighted by Crippen LogP contribution is 2.33. The Morgan fingerprint density at radius 1 is 1.26 bits per heavy atom. The third kappa shape index (κ3) is 1.98. The smallest absolute Gasteiger partial charge is 0.128 e. The molecule has 1 heterocycles. The summed E-state index contributed by atoms with van der Waals surface area (Å²) in [4.78, 5) is 0. The van der Waals surface area contributed by atoms with Gasteiger partial charge in [0.05, 0.1) is 0 Å². The number of aryl methyl sites for hydroxylation is 2. The maximum atomic E-state index is 13.8. The van der Waals surface area contributed by atoms with E-state index in [4.69, 9.17) is 5.73 Å². The number of fused-ring (bicyclic) bond motifs is 1. The molecule has 19 heavy (non-hydrogen) atoms. The second-order valence-electron chi connectivity index (χ2n) is 5.46. The number of hydrogen-bond acceptors (Lipinski definition) is 1. The van der Waals surface area contributed by atoms with Crippen molar-refractivity contribution in [2.24, 2.45) is 5.73 Å². The van der Waals surface area contributed by atoms with E-state index < -0.39 is 0 Å². The molecule has 0 bridgehead atoms. The van der Waals surface area contributed by atoms with Crippen LogP contribution in [0.4, 0.5) is 4.39 Å². The molecule has 2 nitrogen and oxygen atoms in total. The van der Waals surface area contributed by atoms with Crippen LogP contribution in [-0.2, 0) is 6.42 Å². The maximum absolute atomic E-state index is 13.8. The fourth-order valence-corrected chi connectivity index (χ4v) is 3.02. The molecule has 0 radical (unpaired) electrons. The zero-order valence-electron chi connectivity index (χ0n) is 11.4. The standard InChI is InChI=1S/C16H19FN2/c1-10-6-7-12(9-14(10)17)19-11(2)8-13-15(18)4-3-5-16(13)19/h6-9,15H,3-5,18H2,1-2H3. The number of nitrogens with zero attached hydrogens (tertiary/aromatic N) is 1. The number of nitrogens with two attached hydrogens (primary N) is 1. The Morgan fingerprint density at radius 3 is 2.79 bits per heavy atom. The molecule has 0 saturated carbocycles. The van der Waals surface area contributed by atoms with Crippen molar-refractivity contribution in [1.29, 1.82) is 0 Å². The number of rotatable bonds is 1. The fourth-order valence-electron chi connectivity index (χ4n) is 3.02. The van der Waals surface area contributed by atoms with E-state index in [1.54, 1.807) is 13.0 Å². The molecule has 0 fully saturated rings. The molecule has 0 amide bonds. The van der Waals surface area contributed by atoms with Crippen LogP contribution in [0.5, 0.6) is 0 Å². The molecule has 0 aliphatic heterocycles. The van der Waals surface area contributed by atoms with Gasteiger partial charge in [-0.2, -0.15) is 0 Å². The zero-order chi connectivity index (χ0) is 13.6. The topological polar surface area (TPSA) is 30.9 Å². The van der Waals surface area contributed by atoms with E-state index in [0.29, 0.717) is 5.56 Å². The second kappa shape index (κ2) is 4.49. The van der Waals surface area contributed by atoms with Crippen LogP contribution >= 0.6 is 0 Å². The predicted molar refractivity (Wildman–Crippen MR) is 75.1 cm³/mol. The lowest BCUT2D eigenvalue weighted by atomic mass is 9.93. The highest BCUT2D eigenvalue weighted by Gasteiger charge is 2.22. The Labute approximate surface area is 113 Å². The highest BCUT2D eigenvalue weighted by atomic mass is 19.1. The van der Waals surface area contributed by atoms with Crippen molar-refractivity contribution in [1.82, 2.24) is 4.57 Å². The molecular formula is C16H19FN2. The van der Waals surface area contributed by atoms with Crippen molar-refractivity contribution in [3.63, 3.8) is 0 Å². The first kappa shape index (κ1) is 12.4. The van der Waals surface area contributed by atoms with Gasteiger partial charge < -0.3 is 10.3 Å². The van der Waals surface area contributed by atoms with Gasteiger partial charge in [-0.1, -0.05) is 6.07 Å². The zero-order valence-corrected chi connectivity index (χ0v) is 11.4. The first-order valence-electron chi connectivity index (χ1n) is 6.81. The first-order valence-corrected chi connectivity index (χ1v) is 6.81. The molecule has 1 aromatic carbocycles. The number of aromatic nitrogens is 1. The van der Waals surface area contributed by atoms with Crippen molar-refractivity contribution in [2.45, 2.75) is 39.2 Å². The SMILES string of the molecule is Cc1ccc(-n2c(C)cc3c2CCCC3N)cc1F. The lowest BCUT2D eigenvalue weighted by Gasteiger charge is -2.21. The van der Waals surface area contributed by atoms with E-state index in [0.717, 1.165) is 30.6 Å². The number of halogens is 1. The molecule has 1 unspecified atom stereocenters. The minimum Gasteiger partial charge on any atom is -0.324 e. The van der Waals surface area contributed by atoms with Crippen molar-refractivity contribution < 1.29 is 4.39 Å². The summed E-state index contributed by atoms with van der Waals surface area (Å²) in [5, 5.41) is 0. The molecule has 1 atom stereocenters. The third-order valence-electron chi connectivity index (χ3n) is 4.06. The molecule has 1 aliphatic rings. The number of benzene rings is 1. The summed E-state index contributed by atoms with van der Waals surface area (Å²) in [6.07, 6.45) is 3.16. The lowest BCUT2D eigenvalue weighted by Crippen LogP contribution is -2.18. The largest absolute Gasteiger partial charge is 0.324 e. The fraction of sp³-hybridized carbons (Fsp3) is 0.375. The first-order chi connectivity index (χ1) is 9.08. The molecule has 0 spiro atoms. The van der Waals surface area contributed by atoms with Crippen LogP contribution in [0.15, 0.2) is 24.3 Å². The van der Waals surface area contributed by atoms with Gasteiger partial charge in [0, 0.05) is 23.1 Å². The monoisotopic (exact) mass is 258 g/mol. The Kier molecular flexibility index (Phi) is 2.94. The summed E-state index contributed by atoms with van der Waals surface area (Å²) in [5.74, 6) is -0.153. The summed E-state index contributed by atoms with van der Waals surface area (Å²) in [6, 6.07) is 7.70. The van der Waals surface area contributed by atoms with Crippen LogP contribution in [0.25, 0.3) is 5.69 Å². The van der Waals surface area contributed by atoms with Crippen molar-refractivity contribution in [3.8, 4) is 5.69 Å². The van der Waals surface area contributed by atoms with Crippen molar-refractivity contribution >= 4 is 0 Å². The van der Waals surface area contributed by atoms with Gasteiger partial charge in [0.25, 0.3) is 0 Å². The Hall–Kier alpha value is -1.61. The molecule has 3 heteroatoms. The quantitative estimate of drug-likeness (QED) is 0.833. The highest BCUT2D eigenvalue weighted by molar-refractivity contribution is 5.44. The van der Waals surface area contributed by atoms with Crippen LogP contribution in [0, 0.1) is 19.7 Å². The Bertz CT molecular complexity index is 628. The second-order valence-corrected chi connectivity index (χ2v) is 5.46. The number of hydrogen-bond donors (Lipinski definition) is 1. The average Bonchev–Trinajstić information content (AvgIpc) is 2.71. The summed E-state index contributed by atoms with van der Waals surface area (Å²) in [6.45, 7) is 3.84. The van der Waals surface area contributed by atoms with Crippen LogP contribution in [0.2, 0.25) is 0 Å². The van der Waals surface area contributed by atoms with Gasteiger partial charge in [-0.25, -0.2) is 4.39 Å². The van der Waals surface area contributed by atoms with Gasteiger partial charge in [-0.05, 0) is 62.4 Å². The van der Waals surface area contributed by atoms with Gasteiger partial charge in [0.15, 0.2) is 0 Å². The summed E-state index contributed by atoms with van der Waals surface area (Å²) in [7, 11) is 0. The third-order valence-corrected chi connectivity index (χ3v) is 4.06. The van der Waals surface area contributed by atoms with E-state index in [-0.39, 0.29) is 11.9 Å². The van der Waals surface area contributed by atoms with E-state index >= 15 is 0 Å². The predicted octanol–water partition coefficient (Wildman–Crippen LogP) is 3.57. The van der Waals surface area contributed by atoms with Gasteiger partial charge in [-0.3, -0.25) is 0 Å². The van der Waals surface area contributed by atoms with Crippen LogP contribution in [0.1, 0.15) is 41.4 Å². The van der Waals surface area contributed by atoms with E-state index in [2.05, 4.69) is 17.6 Å².